The summed E-state index contributed by atoms with van der Waals surface area (Å²) in [6.07, 6.45) is 2.86. The molecule has 0 saturated carbocycles. The molecule has 8 heteroatoms. The third kappa shape index (κ3) is 8.39. The Hall–Kier alpha value is -1.73. The molecule has 1 aromatic rings. The van der Waals surface area contributed by atoms with E-state index in [-0.39, 0.29) is 11.5 Å². The largest absolute Gasteiger partial charge is 0.443 e. The molecule has 1 heterocycles. The van der Waals surface area contributed by atoms with E-state index in [4.69, 9.17) is 16.5 Å². The molecule has 0 radical (unpaired) electrons. The highest BCUT2D eigenvalue weighted by Crippen LogP contribution is 2.09. The number of carbonyl (C=O) groups excluding carboxylic acids is 2. The minimum atomic E-state index is -0.870. The standard InChI is InChI=1S/C7H11ClN2O3S.C5H5N/c1-7(2,3)13-6(12)10(4-11)5(14)9-8;1-2-4-6-5-3-1/h4H,1-3H3,(H,9,14);1-5H. The third-order valence-corrected chi connectivity index (χ3v) is 2.15. The van der Waals surface area contributed by atoms with Crippen LogP contribution < -0.4 is 4.84 Å². The second-order valence-corrected chi connectivity index (χ2v) is 4.96. The SMILES string of the molecule is CC(C)(C)OC(=O)N(C=O)C(=S)NCl.c1ccncc1. The van der Waals surface area contributed by atoms with Crippen LogP contribution in [0, 0.1) is 0 Å². The Morgan fingerprint density at radius 1 is 1.35 bits per heavy atom. The molecule has 0 aromatic carbocycles. The van der Waals surface area contributed by atoms with Crippen molar-refractivity contribution in [2.75, 3.05) is 0 Å². The van der Waals surface area contributed by atoms with Crippen molar-refractivity contribution >= 4 is 41.6 Å². The highest BCUT2D eigenvalue weighted by molar-refractivity contribution is 7.80. The number of rotatable bonds is 1. The number of amides is 2. The molecule has 0 aliphatic carbocycles. The van der Waals surface area contributed by atoms with Crippen molar-refractivity contribution in [1.82, 2.24) is 14.7 Å². The number of aromatic nitrogens is 1. The van der Waals surface area contributed by atoms with E-state index in [1.807, 2.05) is 23.0 Å². The second kappa shape index (κ2) is 9.22. The van der Waals surface area contributed by atoms with Gasteiger partial charge in [-0.05, 0) is 45.1 Å². The van der Waals surface area contributed by atoms with Gasteiger partial charge in [-0.3, -0.25) is 14.6 Å². The summed E-state index contributed by atoms with van der Waals surface area (Å²) in [6, 6.07) is 5.72. The van der Waals surface area contributed by atoms with Gasteiger partial charge in [0.25, 0.3) is 0 Å². The summed E-state index contributed by atoms with van der Waals surface area (Å²) in [4.78, 5) is 28.1. The molecule has 2 amide bonds. The number of imide groups is 1. The number of halogens is 1. The van der Waals surface area contributed by atoms with Crippen LogP contribution in [0.2, 0.25) is 0 Å². The summed E-state index contributed by atoms with van der Waals surface area (Å²) in [6.45, 7) is 5.02. The van der Waals surface area contributed by atoms with E-state index in [0.29, 0.717) is 4.90 Å². The van der Waals surface area contributed by atoms with Crippen LogP contribution in [0.4, 0.5) is 4.79 Å². The summed E-state index contributed by atoms with van der Waals surface area (Å²) < 4.78 is 4.88. The molecular formula is C12H16ClN3O3S. The number of nitrogens with one attached hydrogen (secondary N) is 1. The van der Waals surface area contributed by atoms with E-state index >= 15 is 0 Å². The molecule has 0 bridgehead atoms. The van der Waals surface area contributed by atoms with Gasteiger partial charge in [-0.1, -0.05) is 6.07 Å². The molecule has 0 unspecified atom stereocenters. The zero-order valence-corrected chi connectivity index (χ0v) is 12.9. The topological polar surface area (TPSA) is 71.5 Å². The van der Waals surface area contributed by atoms with E-state index in [1.165, 1.54) is 0 Å². The Morgan fingerprint density at radius 2 is 1.90 bits per heavy atom. The van der Waals surface area contributed by atoms with Gasteiger partial charge < -0.3 is 4.74 Å². The molecule has 0 saturated heterocycles. The Balaban J connectivity index is 0.000000493. The quantitative estimate of drug-likeness (QED) is 0.487. The van der Waals surface area contributed by atoms with Gasteiger partial charge in [0.2, 0.25) is 6.41 Å². The van der Waals surface area contributed by atoms with Crippen molar-refractivity contribution in [3.05, 3.63) is 30.6 Å². The van der Waals surface area contributed by atoms with Crippen molar-refractivity contribution in [2.24, 2.45) is 0 Å². The highest BCUT2D eigenvalue weighted by atomic mass is 35.5. The molecule has 1 aromatic heterocycles. The van der Waals surface area contributed by atoms with Gasteiger partial charge in [-0.2, -0.15) is 4.90 Å². The number of hydrogen-bond donors (Lipinski definition) is 1. The summed E-state index contributed by atoms with van der Waals surface area (Å²) in [5.41, 5.74) is -0.694. The van der Waals surface area contributed by atoms with Gasteiger partial charge in [0, 0.05) is 24.2 Å². The van der Waals surface area contributed by atoms with Gasteiger partial charge in [0.05, 0.1) is 0 Å². The van der Waals surface area contributed by atoms with E-state index in [2.05, 4.69) is 17.2 Å². The molecule has 0 fully saturated rings. The Labute approximate surface area is 128 Å². The molecule has 0 aliphatic rings. The van der Waals surface area contributed by atoms with E-state index < -0.39 is 11.7 Å². The average molecular weight is 318 g/mol. The molecule has 0 atom stereocenters. The lowest BCUT2D eigenvalue weighted by atomic mass is 10.2. The maximum atomic E-state index is 11.3. The second-order valence-electron chi connectivity index (χ2n) is 4.38. The van der Waals surface area contributed by atoms with Gasteiger partial charge in [0.15, 0.2) is 5.11 Å². The van der Waals surface area contributed by atoms with Crippen molar-refractivity contribution in [1.29, 1.82) is 0 Å². The van der Waals surface area contributed by atoms with E-state index in [9.17, 15) is 9.59 Å². The molecule has 0 aliphatic heterocycles. The molecule has 1 rings (SSSR count). The average Bonchev–Trinajstić information content (AvgIpc) is 2.40. The lowest BCUT2D eigenvalue weighted by Gasteiger charge is -2.23. The number of ether oxygens (including phenoxy) is 1. The van der Waals surface area contributed by atoms with Crippen LogP contribution in [0.3, 0.4) is 0 Å². The highest BCUT2D eigenvalue weighted by Gasteiger charge is 2.24. The normalized spacial score (nSPS) is 9.60. The van der Waals surface area contributed by atoms with Gasteiger partial charge in [0.1, 0.15) is 5.60 Å². The number of carbonyl (C=O) groups is 2. The molecular weight excluding hydrogens is 302 g/mol. The van der Waals surface area contributed by atoms with Crippen LogP contribution in [0.1, 0.15) is 20.8 Å². The van der Waals surface area contributed by atoms with E-state index in [1.54, 1.807) is 33.2 Å². The van der Waals surface area contributed by atoms with Crippen molar-refractivity contribution < 1.29 is 14.3 Å². The van der Waals surface area contributed by atoms with Gasteiger partial charge in [-0.25, -0.2) is 4.79 Å². The smallest absolute Gasteiger partial charge is 0.423 e. The van der Waals surface area contributed by atoms with Crippen LogP contribution >= 0.6 is 24.0 Å². The fourth-order valence-corrected chi connectivity index (χ4v) is 1.05. The monoisotopic (exact) mass is 317 g/mol. The van der Waals surface area contributed by atoms with Crippen molar-refractivity contribution in [3.8, 4) is 0 Å². The first-order valence-electron chi connectivity index (χ1n) is 5.55. The molecule has 0 spiro atoms. The van der Waals surface area contributed by atoms with Crippen molar-refractivity contribution in [3.63, 3.8) is 0 Å². The summed E-state index contributed by atoms with van der Waals surface area (Å²) >= 11 is 9.73. The first-order valence-corrected chi connectivity index (χ1v) is 6.33. The maximum absolute atomic E-state index is 11.3. The number of thiocarbonyl (C=S) groups is 1. The molecule has 20 heavy (non-hydrogen) atoms. The lowest BCUT2D eigenvalue weighted by molar-refractivity contribution is -0.114. The van der Waals surface area contributed by atoms with Gasteiger partial charge >= 0.3 is 6.09 Å². The zero-order chi connectivity index (χ0) is 15.6. The molecule has 6 nitrogen and oxygen atoms in total. The van der Waals surface area contributed by atoms with Crippen LogP contribution in [-0.4, -0.2) is 33.1 Å². The Morgan fingerprint density at radius 3 is 2.15 bits per heavy atom. The zero-order valence-electron chi connectivity index (χ0n) is 11.4. The van der Waals surface area contributed by atoms with Gasteiger partial charge in [-0.15, -0.1) is 0 Å². The first kappa shape index (κ1) is 18.3. The predicted molar refractivity (Wildman–Crippen MR) is 80.0 cm³/mol. The molecule has 110 valence electrons. The number of hydrogen-bond acceptors (Lipinski definition) is 5. The number of nitrogens with zero attached hydrogens (tertiary/aromatic N) is 2. The summed E-state index contributed by atoms with van der Waals surface area (Å²) in [5, 5.41) is -0.226. The maximum Gasteiger partial charge on any atom is 0.423 e. The minimum absolute atomic E-state index is 0.226. The summed E-state index contributed by atoms with van der Waals surface area (Å²) in [5.74, 6) is 0. The lowest BCUT2D eigenvalue weighted by Crippen LogP contribution is -2.42. The Kier molecular flexibility index (Phi) is 8.42. The van der Waals surface area contributed by atoms with Crippen LogP contribution in [0.15, 0.2) is 30.6 Å². The predicted octanol–water partition coefficient (Wildman–Crippen LogP) is 2.49. The minimum Gasteiger partial charge on any atom is -0.443 e. The fraction of sp³-hybridized carbons (Fsp3) is 0.333. The third-order valence-electron chi connectivity index (χ3n) is 1.56. The first-order chi connectivity index (χ1) is 9.31. The number of pyridine rings is 1. The summed E-state index contributed by atoms with van der Waals surface area (Å²) in [7, 11) is 0. The van der Waals surface area contributed by atoms with Crippen molar-refractivity contribution in [2.45, 2.75) is 26.4 Å². The fourth-order valence-electron chi connectivity index (χ4n) is 0.843. The van der Waals surface area contributed by atoms with E-state index in [0.717, 1.165) is 0 Å². The van der Waals surface area contributed by atoms with Crippen LogP contribution in [-0.2, 0) is 9.53 Å². The molecule has 1 N–H and O–H groups in total. The Bertz CT molecular complexity index is 411. The van der Waals surface area contributed by atoms with Crippen LogP contribution in [0.5, 0.6) is 0 Å². The van der Waals surface area contributed by atoms with Crippen LogP contribution in [0.25, 0.3) is 0 Å².